The monoisotopic (exact) mass is 216 g/mol. The summed E-state index contributed by atoms with van der Waals surface area (Å²) in [5.74, 6) is -0.0362. The Labute approximate surface area is 92.2 Å². The molecule has 0 aliphatic rings. The molecular weight excluding hydrogens is 192 g/mol. The fourth-order valence-electron chi connectivity index (χ4n) is 1.20. The first-order valence-corrected chi connectivity index (χ1v) is 5.45. The van der Waals surface area contributed by atoms with Gasteiger partial charge in [-0.1, -0.05) is 6.92 Å². The minimum atomic E-state index is -0.507. The van der Waals surface area contributed by atoms with Crippen molar-refractivity contribution in [3.8, 4) is 0 Å². The van der Waals surface area contributed by atoms with Gasteiger partial charge in [0.2, 0.25) is 5.91 Å². The van der Waals surface area contributed by atoms with Crippen LogP contribution in [0.4, 0.5) is 0 Å². The first-order valence-electron chi connectivity index (χ1n) is 5.45. The molecule has 0 spiro atoms. The maximum atomic E-state index is 11.9. The number of hydrogen-bond acceptors (Lipinski definition) is 3. The highest BCUT2D eigenvalue weighted by molar-refractivity contribution is 5.83. The highest BCUT2D eigenvalue weighted by atomic mass is 16.3. The quantitative estimate of drug-likeness (QED) is 0.610. The van der Waals surface area contributed by atoms with Crippen molar-refractivity contribution < 1.29 is 9.90 Å². The predicted molar refractivity (Wildman–Crippen MR) is 61.4 cm³/mol. The molecule has 0 aromatic carbocycles. The maximum Gasteiger partial charge on any atom is 0.227 e. The SMILES string of the molecule is CCC(C)(CN)C(=O)NC(C)(C)CCO. The van der Waals surface area contributed by atoms with E-state index in [2.05, 4.69) is 5.32 Å². The molecule has 1 unspecified atom stereocenters. The maximum absolute atomic E-state index is 11.9. The van der Waals surface area contributed by atoms with Gasteiger partial charge in [-0.25, -0.2) is 0 Å². The van der Waals surface area contributed by atoms with Crippen LogP contribution in [0.5, 0.6) is 0 Å². The van der Waals surface area contributed by atoms with E-state index in [9.17, 15) is 4.79 Å². The summed E-state index contributed by atoms with van der Waals surface area (Å²) in [4.78, 5) is 11.9. The molecule has 1 atom stereocenters. The summed E-state index contributed by atoms with van der Waals surface area (Å²) in [5.41, 5.74) is 4.72. The number of hydrogen-bond donors (Lipinski definition) is 3. The zero-order chi connectivity index (χ0) is 12.1. The molecule has 0 saturated heterocycles. The van der Waals surface area contributed by atoms with E-state index < -0.39 is 5.41 Å². The van der Waals surface area contributed by atoms with Gasteiger partial charge in [-0.2, -0.15) is 0 Å². The molecule has 0 fully saturated rings. The number of rotatable bonds is 6. The van der Waals surface area contributed by atoms with Crippen molar-refractivity contribution in [2.24, 2.45) is 11.1 Å². The predicted octanol–water partition coefficient (Wildman–Crippen LogP) is 0.639. The van der Waals surface area contributed by atoms with Gasteiger partial charge in [0, 0.05) is 18.7 Å². The first kappa shape index (κ1) is 14.4. The van der Waals surface area contributed by atoms with E-state index in [1.54, 1.807) is 0 Å². The second kappa shape index (κ2) is 5.47. The first-order chi connectivity index (χ1) is 6.81. The number of nitrogens with one attached hydrogen (secondary N) is 1. The lowest BCUT2D eigenvalue weighted by atomic mass is 9.85. The highest BCUT2D eigenvalue weighted by Gasteiger charge is 2.33. The van der Waals surface area contributed by atoms with Crippen LogP contribution in [0.1, 0.15) is 40.5 Å². The molecule has 0 radical (unpaired) electrons. The van der Waals surface area contributed by atoms with E-state index in [0.717, 1.165) is 0 Å². The molecule has 0 aliphatic heterocycles. The van der Waals surface area contributed by atoms with Gasteiger partial charge in [0.05, 0.1) is 5.41 Å². The third-order valence-corrected chi connectivity index (χ3v) is 2.97. The summed E-state index contributed by atoms with van der Waals surface area (Å²) in [6, 6.07) is 0. The molecule has 0 aromatic rings. The molecule has 0 heterocycles. The average molecular weight is 216 g/mol. The molecule has 4 N–H and O–H groups in total. The normalized spacial score (nSPS) is 15.9. The summed E-state index contributed by atoms with van der Waals surface area (Å²) >= 11 is 0. The topological polar surface area (TPSA) is 75.4 Å². The third kappa shape index (κ3) is 4.18. The molecule has 15 heavy (non-hydrogen) atoms. The van der Waals surface area contributed by atoms with Crippen molar-refractivity contribution in [1.82, 2.24) is 5.32 Å². The average Bonchev–Trinajstić information content (AvgIpc) is 2.15. The zero-order valence-corrected chi connectivity index (χ0v) is 10.3. The Balaban J connectivity index is 4.47. The lowest BCUT2D eigenvalue weighted by Gasteiger charge is -2.32. The lowest BCUT2D eigenvalue weighted by molar-refractivity contribution is -0.131. The van der Waals surface area contributed by atoms with E-state index in [0.29, 0.717) is 19.4 Å². The summed E-state index contributed by atoms with van der Waals surface area (Å²) in [7, 11) is 0. The van der Waals surface area contributed by atoms with Crippen molar-refractivity contribution in [3.63, 3.8) is 0 Å². The molecule has 0 saturated carbocycles. The molecule has 0 aliphatic carbocycles. The number of carbonyl (C=O) groups excluding carboxylic acids is 1. The van der Waals surface area contributed by atoms with Crippen LogP contribution in [0, 0.1) is 5.41 Å². The third-order valence-electron chi connectivity index (χ3n) is 2.97. The van der Waals surface area contributed by atoms with Crippen LogP contribution in [0.3, 0.4) is 0 Å². The van der Waals surface area contributed by atoms with E-state index in [4.69, 9.17) is 10.8 Å². The van der Waals surface area contributed by atoms with Crippen LogP contribution in [0.25, 0.3) is 0 Å². The van der Waals surface area contributed by atoms with Gasteiger partial charge in [0.15, 0.2) is 0 Å². The summed E-state index contributed by atoms with van der Waals surface area (Å²) in [6.45, 7) is 8.01. The molecule has 0 bridgehead atoms. The van der Waals surface area contributed by atoms with Crippen molar-refractivity contribution in [3.05, 3.63) is 0 Å². The second-order valence-corrected chi connectivity index (χ2v) is 4.93. The van der Waals surface area contributed by atoms with Crippen molar-refractivity contribution in [2.45, 2.75) is 46.1 Å². The summed E-state index contributed by atoms with van der Waals surface area (Å²) < 4.78 is 0. The second-order valence-electron chi connectivity index (χ2n) is 4.93. The number of aliphatic hydroxyl groups excluding tert-OH is 1. The van der Waals surface area contributed by atoms with Gasteiger partial charge in [0.1, 0.15) is 0 Å². The number of nitrogens with two attached hydrogens (primary N) is 1. The Hall–Kier alpha value is -0.610. The molecule has 90 valence electrons. The number of aliphatic hydroxyl groups is 1. The molecule has 4 nitrogen and oxygen atoms in total. The minimum absolute atomic E-state index is 0.0362. The van der Waals surface area contributed by atoms with Crippen molar-refractivity contribution in [1.29, 1.82) is 0 Å². The molecule has 1 amide bonds. The van der Waals surface area contributed by atoms with Gasteiger partial charge < -0.3 is 16.2 Å². The molecule has 4 heteroatoms. The van der Waals surface area contributed by atoms with E-state index >= 15 is 0 Å². The summed E-state index contributed by atoms with van der Waals surface area (Å²) in [5, 5.41) is 11.8. The molecule has 0 aromatic heterocycles. The Kier molecular flexibility index (Phi) is 5.24. The van der Waals surface area contributed by atoms with Gasteiger partial charge >= 0.3 is 0 Å². The van der Waals surface area contributed by atoms with Gasteiger partial charge in [-0.15, -0.1) is 0 Å². The van der Waals surface area contributed by atoms with Gasteiger partial charge in [-0.05, 0) is 33.6 Å². The van der Waals surface area contributed by atoms with Crippen LogP contribution >= 0.6 is 0 Å². The molecular formula is C11H24N2O2. The van der Waals surface area contributed by atoms with E-state index in [-0.39, 0.29) is 18.1 Å². The van der Waals surface area contributed by atoms with Crippen LogP contribution < -0.4 is 11.1 Å². The van der Waals surface area contributed by atoms with Crippen LogP contribution in [-0.4, -0.2) is 29.7 Å². The van der Waals surface area contributed by atoms with Crippen LogP contribution in [0.2, 0.25) is 0 Å². The smallest absolute Gasteiger partial charge is 0.227 e. The Morgan fingerprint density at radius 3 is 2.27 bits per heavy atom. The van der Waals surface area contributed by atoms with Crippen LogP contribution in [-0.2, 0) is 4.79 Å². The lowest BCUT2D eigenvalue weighted by Crippen LogP contribution is -2.52. The summed E-state index contributed by atoms with van der Waals surface area (Å²) in [6.07, 6.45) is 1.26. The Bertz CT molecular complexity index is 211. The number of carbonyl (C=O) groups is 1. The fourth-order valence-corrected chi connectivity index (χ4v) is 1.20. The molecule has 0 rings (SSSR count). The van der Waals surface area contributed by atoms with Gasteiger partial charge in [-0.3, -0.25) is 4.79 Å². The van der Waals surface area contributed by atoms with Crippen molar-refractivity contribution in [2.75, 3.05) is 13.2 Å². The van der Waals surface area contributed by atoms with E-state index in [1.165, 1.54) is 0 Å². The minimum Gasteiger partial charge on any atom is -0.396 e. The zero-order valence-electron chi connectivity index (χ0n) is 10.3. The Morgan fingerprint density at radius 2 is 1.93 bits per heavy atom. The fraction of sp³-hybridized carbons (Fsp3) is 0.909. The highest BCUT2D eigenvalue weighted by Crippen LogP contribution is 2.21. The van der Waals surface area contributed by atoms with Crippen LogP contribution in [0.15, 0.2) is 0 Å². The largest absolute Gasteiger partial charge is 0.396 e. The standard InChI is InChI=1S/C11H24N2O2/c1-5-11(4,8-12)9(15)13-10(2,3)6-7-14/h14H,5-8,12H2,1-4H3,(H,13,15). The Morgan fingerprint density at radius 1 is 1.40 bits per heavy atom. The van der Waals surface area contributed by atoms with Crippen molar-refractivity contribution >= 4 is 5.91 Å². The van der Waals surface area contributed by atoms with Gasteiger partial charge in [0.25, 0.3) is 0 Å². The number of amides is 1. The van der Waals surface area contributed by atoms with E-state index in [1.807, 2.05) is 27.7 Å².